The van der Waals surface area contributed by atoms with Crippen LogP contribution in [0.1, 0.15) is 21.1 Å². The Balaban J connectivity index is 2.04. The van der Waals surface area contributed by atoms with E-state index in [1.165, 1.54) is 18.4 Å². The van der Waals surface area contributed by atoms with Gasteiger partial charge in [-0.05, 0) is 19.1 Å². The van der Waals surface area contributed by atoms with Gasteiger partial charge < -0.3 is 4.74 Å². The van der Waals surface area contributed by atoms with E-state index in [2.05, 4.69) is 25.2 Å². The Labute approximate surface area is 114 Å². The normalized spacial score (nSPS) is 10.6. The van der Waals surface area contributed by atoms with Crippen molar-refractivity contribution in [1.29, 1.82) is 0 Å². The highest BCUT2D eigenvalue weighted by Gasteiger charge is 2.15. The van der Waals surface area contributed by atoms with E-state index in [0.717, 1.165) is 5.69 Å². The van der Waals surface area contributed by atoms with Crippen molar-refractivity contribution in [3.05, 3.63) is 40.7 Å². The molecule has 0 aliphatic carbocycles. The standard InChI is InChI=1S/C12H12N4O2S/c1-8-10(11(17)18-2)19-12(15-8)16-14-7-9-5-3-4-6-13-9/h3-7H,1-2H3,(H,15,16)/b14-7+. The zero-order valence-corrected chi connectivity index (χ0v) is 11.3. The summed E-state index contributed by atoms with van der Waals surface area (Å²) in [6.45, 7) is 1.75. The van der Waals surface area contributed by atoms with Crippen LogP contribution in [0.4, 0.5) is 5.13 Å². The number of methoxy groups -OCH3 is 1. The molecule has 0 atom stereocenters. The molecule has 0 bridgehead atoms. The number of aryl methyl sites for hydroxylation is 1. The van der Waals surface area contributed by atoms with Crippen LogP contribution in [0.5, 0.6) is 0 Å². The lowest BCUT2D eigenvalue weighted by Crippen LogP contribution is -1.99. The number of ether oxygens (including phenoxy) is 1. The van der Waals surface area contributed by atoms with Crippen LogP contribution in [0.2, 0.25) is 0 Å². The van der Waals surface area contributed by atoms with Crippen molar-refractivity contribution in [2.75, 3.05) is 12.5 Å². The monoisotopic (exact) mass is 276 g/mol. The number of pyridine rings is 1. The molecule has 2 aromatic heterocycles. The molecule has 2 aromatic rings. The molecule has 0 aromatic carbocycles. The number of hydrogen-bond donors (Lipinski definition) is 1. The molecule has 98 valence electrons. The van der Waals surface area contributed by atoms with Crippen molar-refractivity contribution in [3.63, 3.8) is 0 Å². The van der Waals surface area contributed by atoms with E-state index < -0.39 is 5.97 Å². The van der Waals surface area contributed by atoms with Crippen molar-refractivity contribution in [2.45, 2.75) is 6.92 Å². The summed E-state index contributed by atoms with van der Waals surface area (Å²) in [5.41, 5.74) is 4.11. The maximum Gasteiger partial charge on any atom is 0.350 e. The molecule has 0 radical (unpaired) electrons. The second-order valence-corrected chi connectivity index (χ2v) is 4.55. The number of carbonyl (C=O) groups is 1. The first kappa shape index (κ1) is 13.2. The molecule has 2 heterocycles. The zero-order valence-electron chi connectivity index (χ0n) is 10.5. The van der Waals surface area contributed by atoms with Gasteiger partial charge in [0.05, 0.1) is 24.7 Å². The topological polar surface area (TPSA) is 76.5 Å². The number of nitrogens with one attached hydrogen (secondary N) is 1. The fourth-order valence-corrected chi connectivity index (χ4v) is 2.17. The van der Waals surface area contributed by atoms with Gasteiger partial charge in [-0.2, -0.15) is 5.10 Å². The van der Waals surface area contributed by atoms with Crippen LogP contribution in [0.15, 0.2) is 29.5 Å². The van der Waals surface area contributed by atoms with Crippen LogP contribution in [0.3, 0.4) is 0 Å². The van der Waals surface area contributed by atoms with Gasteiger partial charge in [0, 0.05) is 6.20 Å². The van der Waals surface area contributed by atoms with Crippen molar-refractivity contribution in [3.8, 4) is 0 Å². The average molecular weight is 276 g/mol. The molecule has 0 fully saturated rings. The van der Waals surface area contributed by atoms with E-state index in [1.807, 2.05) is 18.2 Å². The highest BCUT2D eigenvalue weighted by Crippen LogP contribution is 2.22. The van der Waals surface area contributed by atoms with Crippen molar-refractivity contribution < 1.29 is 9.53 Å². The molecule has 0 amide bonds. The molecule has 2 rings (SSSR count). The van der Waals surface area contributed by atoms with E-state index in [1.54, 1.807) is 19.3 Å². The fraction of sp³-hybridized carbons (Fsp3) is 0.167. The summed E-state index contributed by atoms with van der Waals surface area (Å²) in [6, 6.07) is 5.53. The highest BCUT2D eigenvalue weighted by atomic mass is 32.1. The van der Waals surface area contributed by atoms with Crippen molar-refractivity contribution >= 4 is 28.7 Å². The lowest BCUT2D eigenvalue weighted by molar-refractivity contribution is 0.0605. The molecule has 0 spiro atoms. The van der Waals surface area contributed by atoms with Crippen LogP contribution in [0, 0.1) is 6.92 Å². The summed E-state index contributed by atoms with van der Waals surface area (Å²) in [6.07, 6.45) is 3.26. The second-order valence-electron chi connectivity index (χ2n) is 3.55. The van der Waals surface area contributed by atoms with E-state index in [4.69, 9.17) is 0 Å². The predicted octanol–water partition coefficient (Wildman–Crippen LogP) is 2.08. The second kappa shape index (κ2) is 6.05. The maximum absolute atomic E-state index is 11.4. The third-order valence-electron chi connectivity index (χ3n) is 2.21. The maximum atomic E-state index is 11.4. The zero-order chi connectivity index (χ0) is 13.7. The Bertz CT molecular complexity index is 595. The lowest BCUT2D eigenvalue weighted by atomic mass is 10.4. The Kier molecular flexibility index (Phi) is 4.19. The van der Waals surface area contributed by atoms with Gasteiger partial charge in [-0.15, -0.1) is 0 Å². The van der Waals surface area contributed by atoms with Gasteiger partial charge in [0.1, 0.15) is 4.88 Å². The summed E-state index contributed by atoms with van der Waals surface area (Å²) in [7, 11) is 1.34. The van der Waals surface area contributed by atoms with E-state index in [0.29, 0.717) is 15.7 Å². The van der Waals surface area contributed by atoms with E-state index in [9.17, 15) is 4.79 Å². The molecular weight excluding hydrogens is 264 g/mol. The third-order valence-corrected chi connectivity index (χ3v) is 3.25. The molecule has 0 aliphatic rings. The summed E-state index contributed by atoms with van der Waals surface area (Å²) in [5, 5.41) is 4.54. The molecule has 7 heteroatoms. The lowest BCUT2D eigenvalue weighted by Gasteiger charge is -1.93. The van der Waals surface area contributed by atoms with Gasteiger partial charge in [-0.1, -0.05) is 17.4 Å². The fourth-order valence-electron chi connectivity index (χ4n) is 1.33. The van der Waals surface area contributed by atoms with Crippen LogP contribution >= 0.6 is 11.3 Å². The smallest absolute Gasteiger partial charge is 0.350 e. The minimum atomic E-state index is -0.392. The summed E-state index contributed by atoms with van der Waals surface area (Å²) in [5.74, 6) is -0.392. The van der Waals surface area contributed by atoms with Gasteiger partial charge in [-0.3, -0.25) is 10.4 Å². The van der Waals surface area contributed by atoms with Crippen LogP contribution in [0.25, 0.3) is 0 Å². The van der Waals surface area contributed by atoms with E-state index in [-0.39, 0.29) is 0 Å². The molecule has 19 heavy (non-hydrogen) atoms. The Hall–Kier alpha value is -2.28. The Morgan fingerprint density at radius 1 is 1.53 bits per heavy atom. The summed E-state index contributed by atoms with van der Waals surface area (Å²) in [4.78, 5) is 20.2. The number of hydrazone groups is 1. The number of anilines is 1. The molecule has 0 saturated heterocycles. The van der Waals surface area contributed by atoms with Crippen LogP contribution in [-0.4, -0.2) is 29.3 Å². The minimum Gasteiger partial charge on any atom is -0.465 e. The van der Waals surface area contributed by atoms with Crippen molar-refractivity contribution in [1.82, 2.24) is 9.97 Å². The first-order chi connectivity index (χ1) is 9.20. The third kappa shape index (κ3) is 3.35. The van der Waals surface area contributed by atoms with Crippen LogP contribution < -0.4 is 5.43 Å². The number of aromatic nitrogens is 2. The van der Waals surface area contributed by atoms with Gasteiger partial charge in [0.2, 0.25) is 5.13 Å². The molecular formula is C12H12N4O2S. The molecule has 0 aliphatic heterocycles. The van der Waals surface area contributed by atoms with Crippen molar-refractivity contribution in [2.24, 2.45) is 5.10 Å². The Morgan fingerprint density at radius 3 is 3.05 bits per heavy atom. The number of carbonyl (C=O) groups excluding carboxylic acids is 1. The van der Waals surface area contributed by atoms with Gasteiger partial charge in [-0.25, -0.2) is 9.78 Å². The minimum absolute atomic E-state index is 0.392. The number of nitrogens with zero attached hydrogens (tertiary/aromatic N) is 3. The van der Waals surface area contributed by atoms with Gasteiger partial charge in [0.15, 0.2) is 0 Å². The number of thiazole rings is 1. The predicted molar refractivity (Wildman–Crippen MR) is 73.6 cm³/mol. The van der Waals surface area contributed by atoms with Gasteiger partial charge in [0.25, 0.3) is 0 Å². The first-order valence-corrected chi connectivity index (χ1v) is 6.28. The van der Waals surface area contributed by atoms with Crippen LogP contribution in [-0.2, 0) is 4.74 Å². The SMILES string of the molecule is COC(=O)c1sc(N/N=C/c2ccccn2)nc1C. The van der Waals surface area contributed by atoms with E-state index >= 15 is 0 Å². The average Bonchev–Trinajstić information content (AvgIpc) is 2.80. The quantitative estimate of drug-likeness (QED) is 0.525. The molecule has 0 saturated carbocycles. The number of esters is 1. The molecule has 0 unspecified atom stereocenters. The number of rotatable bonds is 4. The molecule has 6 nitrogen and oxygen atoms in total. The summed E-state index contributed by atoms with van der Waals surface area (Å²) >= 11 is 1.20. The van der Waals surface area contributed by atoms with Gasteiger partial charge >= 0.3 is 5.97 Å². The highest BCUT2D eigenvalue weighted by molar-refractivity contribution is 7.17. The first-order valence-electron chi connectivity index (χ1n) is 5.46. The largest absolute Gasteiger partial charge is 0.465 e. The summed E-state index contributed by atoms with van der Waals surface area (Å²) < 4.78 is 4.66. The number of hydrogen-bond acceptors (Lipinski definition) is 7. The molecule has 1 N–H and O–H groups in total. The Morgan fingerprint density at radius 2 is 2.37 bits per heavy atom.